The topological polar surface area (TPSA) is 143 Å². The molecule has 0 atom stereocenters. The van der Waals surface area contributed by atoms with Crippen LogP contribution in [-0.2, 0) is 42.8 Å². The lowest BCUT2D eigenvalue weighted by molar-refractivity contribution is -0.152. The molecule has 0 aromatic carbocycles. The smallest absolute Gasteiger partial charge is 0.320 e. The summed E-state index contributed by atoms with van der Waals surface area (Å²) in [6.07, 6.45) is 21.8. The molecule has 0 aliphatic heterocycles. The third-order valence-corrected chi connectivity index (χ3v) is 5.76. The van der Waals surface area contributed by atoms with E-state index in [0.29, 0.717) is 6.42 Å². The third-order valence-electron chi connectivity index (χ3n) is 5.76. The molecule has 0 saturated carbocycles. The molecule has 0 fully saturated rings. The van der Waals surface area contributed by atoms with Crippen molar-refractivity contribution >= 4 is 17.8 Å². The van der Waals surface area contributed by atoms with Gasteiger partial charge in [0, 0.05) is 6.42 Å². The average molecular weight is 618 g/mol. The maximum absolute atomic E-state index is 12.7. The number of terminal acetylenes is 4. The number of carbonyl (C=O) groups excluding carboxylic acids is 3. The molecular weight excluding hydrogens is 570 g/mol. The van der Waals surface area contributed by atoms with Crippen molar-refractivity contribution in [2.45, 2.75) is 57.2 Å². The normalized spacial score (nSPS) is 11.4. The number of hydrogen-bond acceptors (Lipinski definition) is 11. The predicted molar refractivity (Wildman–Crippen MR) is 165 cm³/mol. The summed E-state index contributed by atoms with van der Waals surface area (Å²) < 4.78 is 32.6. The Kier molecular flexibility index (Phi) is 21.0. The van der Waals surface area contributed by atoms with Crippen LogP contribution in [0.5, 0.6) is 0 Å². The highest BCUT2D eigenvalue weighted by atomic mass is 16.6. The fourth-order valence-electron chi connectivity index (χ4n) is 3.52. The maximum Gasteiger partial charge on any atom is 0.320 e. The van der Waals surface area contributed by atoms with Gasteiger partial charge in [-0.25, -0.2) is 0 Å². The first-order valence-electron chi connectivity index (χ1n) is 14.1. The minimum absolute atomic E-state index is 0.0826. The van der Waals surface area contributed by atoms with Gasteiger partial charge in [0.05, 0.1) is 50.6 Å². The van der Waals surface area contributed by atoms with Crippen LogP contribution in [0.2, 0.25) is 0 Å². The lowest BCUT2D eigenvalue weighted by Crippen LogP contribution is -2.56. The molecule has 0 heterocycles. The summed E-state index contributed by atoms with van der Waals surface area (Å²) in [6.45, 7) is 7.00. The molecule has 0 aromatic heterocycles. The van der Waals surface area contributed by atoms with Gasteiger partial charge in [0.15, 0.2) is 0 Å². The van der Waals surface area contributed by atoms with Crippen molar-refractivity contribution < 1.29 is 42.8 Å². The van der Waals surface area contributed by atoms with Crippen molar-refractivity contribution in [3.05, 3.63) is 0 Å². The van der Waals surface area contributed by atoms with E-state index in [0.717, 1.165) is 0 Å². The molecule has 0 bridgehead atoms. The maximum atomic E-state index is 12.7. The molecule has 0 aromatic rings. The van der Waals surface area contributed by atoms with Crippen LogP contribution in [-0.4, -0.2) is 114 Å². The molecule has 12 heteroatoms. The van der Waals surface area contributed by atoms with Crippen LogP contribution in [0.1, 0.15) is 40.5 Å². The van der Waals surface area contributed by atoms with Crippen LogP contribution in [0.25, 0.3) is 0 Å². The van der Waals surface area contributed by atoms with Gasteiger partial charge < -0.3 is 33.7 Å². The summed E-state index contributed by atoms with van der Waals surface area (Å²) in [5.74, 6) is 7.98. The SMILES string of the molecule is C#CCOCC(C)(COCC#C)NCC(=O)OCC(C)(COC(=O)CNC(C)(COCC#C)COCC#C)NC(=O)CCC. The van der Waals surface area contributed by atoms with Crippen LogP contribution < -0.4 is 16.0 Å². The van der Waals surface area contributed by atoms with E-state index in [1.165, 1.54) is 0 Å². The Bertz CT molecular complexity index is 939. The van der Waals surface area contributed by atoms with Crippen molar-refractivity contribution in [2.75, 3.05) is 79.2 Å². The standard InChI is InChI=1S/C32H47N3O9/c1-9-14-27(36)35-32(8,25-43-28(37)19-33-30(6,21-39-15-10-2)22-40-16-11-3)26-44-29(38)20-34-31(7,23-41-17-12-4)24-42-18-13-5/h2-5,33-34H,9,14-26H2,1,6-8H3,(H,35,36). The Hall–Kier alpha value is -3.59. The van der Waals surface area contributed by atoms with E-state index in [-0.39, 0.29) is 91.5 Å². The monoisotopic (exact) mass is 617 g/mol. The van der Waals surface area contributed by atoms with Gasteiger partial charge in [0.1, 0.15) is 45.2 Å². The lowest BCUT2D eigenvalue weighted by atomic mass is 10.0. The van der Waals surface area contributed by atoms with Crippen molar-refractivity contribution in [2.24, 2.45) is 0 Å². The van der Waals surface area contributed by atoms with Crippen molar-refractivity contribution in [1.29, 1.82) is 0 Å². The van der Waals surface area contributed by atoms with Gasteiger partial charge in [-0.1, -0.05) is 30.6 Å². The van der Waals surface area contributed by atoms with E-state index in [1.54, 1.807) is 20.8 Å². The molecule has 0 radical (unpaired) electrons. The molecule has 44 heavy (non-hydrogen) atoms. The third kappa shape index (κ3) is 19.6. The molecule has 0 saturated heterocycles. The highest BCUT2D eigenvalue weighted by Crippen LogP contribution is 2.10. The van der Waals surface area contributed by atoms with Gasteiger partial charge >= 0.3 is 11.9 Å². The second kappa shape index (κ2) is 22.9. The highest BCUT2D eigenvalue weighted by molar-refractivity contribution is 5.77. The van der Waals surface area contributed by atoms with Gasteiger partial charge in [0.25, 0.3) is 0 Å². The van der Waals surface area contributed by atoms with Crippen molar-refractivity contribution in [3.63, 3.8) is 0 Å². The summed E-state index contributed by atoms with van der Waals surface area (Å²) in [5.41, 5.74) is -2.79. The summed E-state index contributed by atoms with van der Waals surface area (Å²) in [6, 6.07) is 0. The van der Waals surface area contributed by atoms with Gasteiger partial charge in [-0.3, -0.25) is 25.0 Å². The molecule has 0 rings (SSSR count). The van der Waals surface area contributed by atoms with Crippen LogP contribution in [0.15, 0.2) is 0 Å². The van der Waals surface area contributed by atoms with E-state index in [1.807, 2.05) is 6.92 Å². The van der Waals surface area contributed by atoms with E-state index in [2.05, 4.69) is 39.6 Å². The van der Waals surface area contributed by atoms with Crippen LogP contribution in [0.4, 0.5) is 0 Å². The van der Waals surface area contributed by atoms with Gasteiger partial charge in [-0.2, -0.15) is 0 Å². The number of rotatable bonds is 25. The molecule has 0 unspecified atom stereocenters. The van der Waals surface area contributed by atoms with Gasteiger partial charge in [-0.15, -0.1) is 25.7 Å². The Morgan fingerprint density at radius 1 is 0.591 bits per heavy atom. The zero-order valence-electron chi connectivity index (χ0n) is 26.4. The van der Waals surface area contributed by atoms with E-state index in [4.69, 9.17) is 54.1 Å². The molecule has 0 aliphatic carbocycles. The molecule has 3 N–H and O–H groups in total. The molecule has 0 aliphatic rings. The second-order valence-electron chi connectivity index (χ2n) is 10.8. The Morgan fingerprint density at radius 2 is 0.932 bits per heavy atom. The number of nitrogens with one attached hydrogen (secondary N) is 3. The Labute approximate surface area is 262 Å². The summed E-state index contributed by atoms with van der Waals surface area (Å²) in [4.78, 5) is 37.8. The number of esters is 2. The molecule has 1 amide bonds. The minimum Gasteiger partial charge on any atom is -0.462 e. The number of carbonyl (C=O) groups is 3. The Balaban J connectivity index is 5.24. The number of ether oxygens (including phenoxy) is 6. The summed E-state index contributed by atoms with van der Waals surface area (Å²) in [5, 5.41) is 8.89. The molecular formula is C32H47N3O9. The molecule has 12 nitrogen and oxygen atoms in total. The first kappa shape index (κ1) is 40.4. The van der Waals surface area contributed by atoms with Crippen LogP contribution in [0.3, 0.4) is 0 Å². The Morgan fingerprint density at radius 3 is 1.23 bits per heavy atom. The molecule has 244 valence electrons. The van der Waals surface area contributed by atoms with E-state index in [9.17, 15) is 14.4 Å². The largest absolute Gasteiger partial charge is 0.462 e. The fraction of sp³-hybridized carbons (Fsp3) is 0.656. The average Bonchev–Trinajstić information content (AvgIpc) is 2.98. The highest BCUT2D eigenvalue weighted by Gasteiger charge is 2.32. The second-order valence-corrected chi connectivity index (χ2v) is 10.8. The van der Waals surface area contributed by atoms with Gasteiger partial charge in [-0.05, 0) is 27.2 Å². The summed E-state index contributed by atoms with van der Waals surface area (Å²) in [7, 11) is 0. The predicted octanol–water partition coefficient (Wildman–Crippen LogP) is 0.0436. The number of amides is 1. The van der Waals surface area contributed by atoms with E-state index >= 15 is 0 Å². The van der Waals surface area contributed by atoms with Crippen LogP contribution in [0, 0.1) is 49.4 Å². The van der Waals surface area contributed by atoms with Gasteiger partial charge in [0.2, 0.25) is 5.91 Å². The quantitative estimate of drug-likeness (QED) is 0.0727. The van der Waals surface area contributed by atoms with Crippen LogP contribution >= 0.6 is 0 Å². The van der Waals surface area contributed by atoms with Crippen molar-refractivity contribution in [3.8, 4) is 49.4 Å². The zero-order valence-corrected chi connectivity index (χ0v) is 26.4. The fourth-order valence-corrected chi connectivity index (χ4v) is 3.52. The van der Waals surface area contributed by atoms with E-state index < -0.39 is 28.6 Å². The van der Waals surface area contributed by atoms with Crippen molar-refractivity contribution in [1.82, 2.24) is 16.0 Å². The number of hydrogen-bond donors (Lipinski definition) is 3. The zero-order chi connectivity index (χ0) is 33.3. The minimum atomic E-state index is -1.21. The first-order valence-corrected chi connectivity index (χ1v) is 14.1. The lowest BCUT2D eigenvalue weighted by Gasteiger charge is -2.32. The first-order chi connectivity index (χ1) is 20.9. The molecule has 0 spiro atoms. The summed E-state index contributed by atoms with van der Waals surface area (Å²) >= 11 is 0.